The van der Waals surface area contributed by atoms with E-state index in [9.17, 15) is 4.79 Å². The maximum Gasteiger partial charge on any atom is 0.230 e. The molecule has 0 saturated carbocycles. The van der Waals surface area contributed by atoms with Crippen molar-refractivity contribution in [2.24, 2.45) is 0 Å². The summed E-state index contributed by atoms with van der Waals surface area (Å²) in [6.07, 6.45) is 5.15. The number of likely N-dealkylation sites (tertiary alicyclic amines) is 1. The Morgan fingerprint density at radius 2 is 2.12 bits per heavy atom. The Morgan fingerprint density at radius 3 is 2.81 bits per heavy atom. The van der Waals surface area contributed by atoms with Crippen LogP contribution in [-0.4, -0.2) is 44.0 Å². The number of oxazole rings is 1. The van der Waals surface area contributed by atoms with Crippen LogP contribution in [0.5, 0.6) is 0 Å². The van der Waals surface area contributed by atoms with Crippen molar-refractivity contribution < 1.29 is 13.7 Å². The summed E-state index contributed by atoms with van der Waals surface area (Å²) in [7, 11) is 0. The topological polar surface area (TPSA) is 98.2 Å². The fourth-order valence-corrected chi connectivity index (χ4v) is 3.12. The van der Waals surface area contributed by atoms with E-state index in [0.717, 1.165) is 12.8 Å². The minimum Gasteiger partial charge on any atom is -0.446 e. The highest BCUT2D eigenvalue weighted by Gasteiger charge is 2.28. The second-order valence-electron chi connectivity index (χ2n) is 6.35. The molecule has 134 valence electrons. The van der Waals surface area contributed by atoms with Gasteiger partial charge < -0.3 is 13.8 Å². The van der Waals surface area contributed by atoms with Crippen LogP contribution >= 0.6 is 0 Å². The average Bonchev–Trinajstić information content (AvgIpc) is 3.32. The van der Waals surface area contributed by atoms with Crippen LogP contribution in [0, 0.1) is 6.92 Å². The molecule has 1 aliphatic rings. The smallest absolute Gasteiger partial charge is 0.230 e. The van der Waals surface area contributed by atoms with Crippen molar-refractivity contribution in [3.05, 3.63) is 48.1 Å². The van der Waals surface area contributed by atoms with Gasteiger partial charge in [0.05, 0.1) is 12.6 Å². The normalized spacial score (nSPS) is 15.3. The molecule has 8 nitrogen and oxygen atoms in total. The lowest BCUT2D eigenvalue weighted by atomic mass is 9.96. The number of nitrogens with zero attached hydrogens (tertiary/aromatic N) is 5. The van der Waals surface area contributed by atoms with Crippen LogP contribution in [0.4, 0.5) is 0 Å². The summed E-state index contributed by atoms with van der Waals surface area (Å²) < 4.78 is 10.8. The first-order valence-corrected chi connectivity index (χ1v) is 8.63. The second kappa shape index (κ2) is 7.07. The summed E-state index contributed by atoms with van der Waals surface area (Å²) in [6, 6.07) is 5.58. The molecule has 0 bridgehead atoms. The Hall–Kier alpha value is -3.03. The summed E-state index contributed by atoms with van der Waals surface area (Å²) >= 11 is 0. The molecule has 0 unspecified atom stereocenters. The van der Waals surface area contributed by atoms with Crippen molar-refractivity contribution in [3.63, 3.8) is 0 Å². The Kier molecular flexibility index (Phi) is 4.47. The molecule has 3 aromatic heterocycles. The number of aromatic nitrogens is 4. The average molecular weight is 353 g/mol. The number of pyridine rings is 1. The van der Waals surface area contributed by atoms with Crippen LogP contribution < -0.4 is 0 Å². The molecule has 26 heavy (non-hydrogen) atoms. The molecule has 0 aromatic carbocycles. The maximum absolute atomic E-state index is 12.4. The Balaban J connectivity index is 1.35. The van der Waals surface area contributed by atoms with Gasteiger partial charge in [0, 0.05) is 32.1 Å². The lowest BCUT2D eigenvalue weighted by molar-refractivity contribution is -0.131. The maximum atomic E-state index is 12.4. The molecule has 0 aliphatic carbocycles. The van der Waals surface area contributed by atoms with E-state index in [2.05, 4.69) is 20.1 Å². The number of hydrogen-bond acceptors (Lipinski definition) is 7. The Morgan fingerprint density at radius 1 is 1.27 bits per heavy atom. The Labute approximate surface area is 150 Å². The minimum absolute atomic E-state index is 0.0549. The van der Waals surface area contributed by atoms with Gasteiger partial charge >= 0.3 is 0 Å². The van der Waals surface area contributed by atoms with E-state index in [0.29, 0.717) is 42.1 Å². The molecule has 1 amide bonds. The molecule has 0 spiro atoms. The quantitative estimate of drug-likeness (QED) is 0.710. The lowest BCUT2D eigenvalue weighted by Crippen LogP contribution is -2.38. The van der Waals surface area contributed by atoms with E-state index >= 15 is 0 Å². The summed E-state index contributed by atoms with van der Waals surface area (Å²) in [6.45, 7) is 3.10. The first-order valence-electron chi connectivity index (χ1n) is 8.63. The molecule has 0 N–H and O–H groups in total. The third-order valence-corrected chi connectivity index (χ3v) is 4.53. The zero-order valence-electron chi connectivity index (χ0n) is 14.5. The van der Waals surface area contributed by atoms with Crippen LogP contribution in [0.1, 0.15) is 36.3 Å². The zero-order valence-corrected chi connectivity index (χ0v) is 14.5. The first kappa shape index (κ1) is 16.4. The van der Waals surface area contributed by atoms with Crippen molar-refractivity contribution in [3.8, 4) is 11.5 Å². The van der Waals surface area contributed by atoms with Crippen molar-refractivity contribution in [2.75, 3.05) is 13.1 Å². The van der Waals surface area contributed by atoms with Crippen LogP contribution in [-0.2, 0) is 11.2 Å². The van der Waals surface area contributed by atoms with Crippen LogP contribution in [0.3, 0.4) is 0 Å². The summed E-state index contributed by atoms with van der Waals surface area (Å²) in [5.41, 5.74) is 0.692. The lowest BCUT2D eigenvalue weighted by Gasteiger charge is -2.30. The molecule has 1 saturated heterocycles. The molecule has 4 rings (SSSR count). The largest absolute Gasteiger partial charge is 0.446 e. The zero-order chi connectivity index (χ0) is 17.9. The molecule has 1 aliphatic heterocycles. The molecule has 8 heteroatoms. The van der Waals surface area contributed by atoms with E-state index in [-0.39, 0.29) is 18.2 Å². The first-order chi connectivity index (χ1) is 12.7. The summed E-state index contributed by atoms with van der Waals surface area (Å²) in [4.78, 5) is 27.0. The van der Waals surface area contributed by atoms with Gasteiger partial charge in [0.15, 0.2) is 5.89 Å². The van der Waals surface area contributed by atoms with Gasteiger partial charge in [-0.3, -0.25) is 9.78 Å². The number of rotatable bonds is 4. The molecular weight excluding hydrogens is 334 g/mol. The fraction of sp³-hybridized carbons (Fsp3) is 0.389. The molecule has 0 atom stereocenters. The number of amides is 1. The van der Waals surface area contributed by atoms with E-state index in [1.807, 2.05) is 23.1 Å². The van der Waals surface area contributed by atoms with E-state index in [1.54, 1.807) is 19.3 Å². The minimum atomic E-state index is 0.0549. The van der Waals surface area contributed by atoms with Gasteiger partial charge in [-0.25, -0.2) is 4.98 Å². The van der Waals surface area contributed by atoms with Crippen molar-refractivity contribution in [1.29, 1.82) is 0 Å². The van der Waals surface area contributed by atoms with Gasteiger partial charge in [0.25, 0.3) is 0 Å². The van der Waals surface area contributed by atoms with E-state index in [4.69, 9.17) is 8.94 Å². The van der Waals surface area contributed by atoms with Gasteiger partial charge in [-0.1, -0.05) is 11.2 Å². The van der Waals surface area contributed by atoms with E-state index in [1.165, 1.54) is 0 Å². The SMILES string of the molecule is Cc1ncc(CC(=O)N2CCC(c3nc(-c4ccccn4)no3)CC2)o1. The third-order valence-electron chi connectivity index (χ3n) is 4.53. The predicted molar refractivity (Wildman–Crippen MR) is 91.0 cm³/mol. The van der Waals surface area contributed by atoms with Crippen LogP contribution in [0.15, 0.2) is 39.5 Å². The molecule has 0 radical (unpaired) electrons. The van der Waals surface area contributed by atoms with Gasteiger partial charge in [-0.2, -0.15) is 4.98 Å². The standard InChI is InChI=1S/C18H19N5O3/c1-12-20-11-14(25-12)10-16(24)23-8-5-13(6-9-23)18-21-17(22-26-18)15-4-2-3-7-19-15/h2-4,7,11,13H,5-6,8-10H2,1H3. The molecule has 4 heterocycles. The monoisotopic (exact) mass is 353 g/mol. The highest BCUT2D eigenvalue weighted by molar-refractivity contribution is 5.78. The third kappa shape index (κ3) is 3.49. The van der Waals surface area contributed by atoms with Gasteiger partial charge in [0.2, 0.25) is 17.6 Å². The summed E-state index contributed by atoms with van der Waals surface area (Å²) in [5, 5.41) is 4.03. The predicted octanol–water partition coefficient (Wildman–Crippen LogP) is 2.38. The second-order valence-corrected chi connectivity index (χ2v) is 6.35. The van der Waals surface area contributed by atoms with Crippen LogP contribution in [0.2, 0.25) is 0 Å². The number of hydrogen-bond donors (Lipinski definition) is 0. The molecule has 3 aromatic rings. The van der Waals surface area contributed by atoms with Crippen LogP contribution in [0.25, 0.3) is 11.5 Å². The molecule has 1 fully saturated rings. The fourth-order valence-electron chi connectivity index (χ4n) is 3.12. The van der Waals surface area contributed by atoms with Crippen molar-refractivity contribution in [2.45, 2.75) is 32.1 Å². The van der Waals surface area contributed by atoms with E-state index < -0.39 is 0 Å². The van der Waals surface area contributed by atoms with Crippen molar-refractivity contribution in [1.82, 2.24) is 25.0 Å². The van der Waals surface area contributed by atoms with Gasteiger partial charge in [-0.15, -0.1) is 0 Å². The highest BCUT2D eigenvalue weighted by atomic mass is 16.5. The Bertz CT molecular complexity index is 881. The van der Waals surface area contributed by atoms with Crippen molar-refractivity contribution >= 4 is 5.91 Å². The highest BCUT2D eigenvalue weighted by Crippen LogP contribution is 2.28. The number of aryl methyl sites for hydroxylation is 1. The number of piperidine rings is 1. The van der Waals surface area contributed by atoms with Gasteiger partial charge in [0.1, 0.15) is 11.5 Å². The van der Waals surface area contributed by atoms with Gasteiger partial charge in [-0.05, 0) is 25.0 Å². The number of carbonyl (C=O) groups is 1. The summed E-state index contributed by atoms with van der Waals surface area (Å²) in [5.74, 6) is 2.51. The molecular formula is C18H19N5O3. The number of carbonyl (C=O) groups excluding carboxylic acids is 1.